The number of methoxy groups -OCH3 is 1. The van der Waals surface area contributed by atoms with Crippen LogP contribution in [0.3, 0.4) is 0 Å². The number of nitrogens with one attached hydrogen (secondary N) is 1. The summed E-state index contributed by atoms with van der Waals surface area (Å²) >= 11 is 3.48. The van der Waals surface area contributed by atoms with E-state index in [1.807, 2.05) is 28.9 Å². The zero-order chi connectivity index (χ0) is 21.3. The van der Waals surface area contributed by atoms with Gasteiger partial charge in [0.25, 0.3) is 0 Å². The minimum Gasteiger partial charge on any atom is -0.497 e. The number of amides is 1. The molecule has 1 aliphatic heterocycles. The largest absolute Gasteiger partial charge is 0.497 e. The van der Waals surface area contributed by atoms with Crippen molar-refractivity contribution in [3.05, 3.63) is 40.6 Å². The van der Waals surface area contributed by atoms with Gasteiger partial charge in [-0.1, -0.05) is 19.1 Å². The number of hydrogen-bond donors (Lipinski definition) is 2. The summed E-state index contributed by atoms with van der Waals surface area (Å²) in [7, 11) is 1.64. The average molecular weight is 475 g/mol. The highest BCUT2D eigenvalue weighted by molar-refractivity contribution is 9.10. The second-order valence-electron chi connectivity index (χ2n) is 7.84. The molecule has 30 heavy (non-hydrogen) atoms. The number of hydrogen-bond acceptors (Lipinski definition) is 6. The van der Waals surface area contributed by atoms with Gasteiger partial charge in [0.1, 0.15) is 17.1 Å². The third kappa shape index (κ3) is 4.18. The molecule has 9 nitrogen and oxygen atoms in total. The van der Waals surface area contributed by atoms with Gasteiger partial charge < -0.3 is 20.1 Å². The summed E-state index contributed by atoms with van der Waals surface area (Å²) < 4.78 is 7.71. The summed E-state index contributed by atoms with van der Waals surface area (Å²) in [6.45, 7) is 4.56. The molecule has 4 rings (SSSR count). The van der Waals surface area contributed by atoms with Gasteiger partial charge in [-0.2, -0.15) is 5.10 Å². The van der Waals surface area contributed by atoms with Crippen LogP contribution < -0.4 is 15.0 Å². The summed E-state index contributed by atoms with van der Waals surface area (Å²) in [5.74, 6) is 1.58. The van der Waals surface area contributed by atoms with Crippen LogP contribution in [0.4, 0.5) is 10.6 Å². The fraction of sp³-hybridized carbons (Fsp3) is 0.400. The molecule has 1 aliphatic rings. The molecule has 1 atom stereocenters. The SMILES string of the molecule is COc1ccc(Cn2nc(Br)c3ncc(N4CCC(C)(CNC(=O)O)C4)nc32)cc1. The standard InChI is InChI=1S/C20H23BrN6O3/c1-20(11-23-19(28)29)7-8-26(12-20)15-9-22-16-17(21)25-27(18(16)24-15)10-13-3-5-14(30-2)6-4-13/h3-6,9,23H,7-8,10-12H2,1-2H3,(H,28,29). The number of halogens is 1. The first kappa shape index (κ1) is 20.4. The van der Waals surface area contributed by atoms with E-state index < -0.39 is 6.09 Å². The molecule has 0 bridgehead atoms. The predicted octanol–water partition coefficient (Wildman–Crippen LogP) is 3.13. The fourth-order valence-electron chi connectivity index (χ4n) is 3.72. The summed E-state index contributed by atoms with van der Waals surface area (Å²) in [4.78, 5) is 22.4. The van der Waals surface area contributed by atoms with Crippen LogP contribution in [0.2, 0.25) is 0 Å². The molecule has 0 aliphatic carbocycles. The Morgan fingerprint density at radius 1 is 1.37 bits per heavy atom. The molecule has 1 fully saturated rings. The lowest BCUT2D eigenvalue weighted by Gasteiger charge is -2.24. The average Bonchev–Trinajstić information content (AvgIpc) is 3.28. The second kappa shape index (κ2) is 8.10. The van der Waals surface area contributed by atoms with E-state index in [4.69, 9.17) is 14.8 Å². The molecule has 1 aromatic carbocycles. The Balaban J connectivity index is 1.57. The first-order valence-electron chi connectivity index (χ1n) is 9.61. The highest BCUT2D eigenvalue weighted by Gasteiger charge is 2.35. The van der Waals surface area contributed by atoms with Crippen LogP contribution in [0.5, 0.6) is 5.75 Å². The van der Waals surface area contributed by atoms with Crippen LogP contribution >= 0.6 is 15.9 Å². The molecular formula is C20H23BrN6O3. The summed E-state index contributed by atoms with van der Waals surface area (Å²) in [5, 5.41) is 16.0. The van der Waals surface area contributed by atoms with Crippen molar-refractivity contribution in [2.24, 2.45) is 5.41 Å². The Morgan fingerprint density at radius 3 is 2.83 bits per heavy atom. The zero-order valence-corrected chi connectivity index (χ0v) is 18.4. The molecular weight excluding hydrogens is 452 g/mol. The van der Waals surface area contributed by atoms with Gasteiger partial charge in [0.2, 0.25) is 0 Å². The Kier molecular flexibility index (Phi) is 5.50. The van der Waals surface area contributed by atoms with Crippen molar-refractivity contribution in [1.82, 2.24) is 25.1 Å². The van der Waals surface area contributed by atoms with Crippen molar-refractivity contribution in [2.45, 2.75) is 19.9 Å². The lowest BCUT2D eigenvalue weighted by Crippen LogP contribution is -2.37. The summed E-state index contributed by atoms with van der Waals surface area (Å²) in [6.07, 6.45) is 1.63. The smallest absolute Gasteiger partial charge is 0.404 e. The highest BCUT2D eigenvalue weighted by Crippen LogP contribution is 2.32. The van der Waals surface area contributed by atoms with E-state index in [2.05, 4.69) is 43.2 Å². The van der Waals surface area contributed by atoms with Crippen LogP contribution in [-0.2, 0) is 6.54 Å². The number of benzene rings is 1. The van der Waals surface area contributed by atoms with Crippen molar-refractivity contribution in [1.29, 1.82) is 0 Å². The third-order valence-electron chi connectivity index (χ3n) is 5.43. The van der Waals surface area contributed by atoms with Crippen molar-refractivity contribution in [3.8, 4) is 5.75 Å². The summed E-state index contributed by atoms with van der Waals surface area (Å²) in [5.41, 5.74) is 2.35. The topological polar surface area (TPSA) is 105 Å². The number of nitrogens with zero attached hydrogens (tertiary/aromatic N) is 5. The molecule has 10 heteroatoms. The minimum atomic E-state index is -0.997. The normalized spacial score (nSPS) is 18.7. The maximum atomic E-state index is 10.9. The molecule has 1 unspecified atom stereocenters. The molecule has 2 N–H and O–H groups in total. The second-order valence-corrected chi connectivity index (χ2v) is 8.59. The lowest BCUT2D eigenvalue weighted by atomic mass is 9.90. The van der Waals surface area contributed by atoms with Crippen LogP contribution in [0.1, 0.15) is 18.9 Å². The Bertz CT molecular complexity index is 1070. The van der Waals surface area contributed by atoms with Gasteiger partial charge >= 0.3 is 6.09 Å². The van der Waals surface area contributed by atoms with E-state index in [-0.39, 0.29) is 5.41 Å². The van der Waals surface area contributed by atoms with E-state index >= 15 is 0 Å². The predicted molar refractivity (Wildman–Crippen MR) is 116 cm³/mol. The van der Waals surface area contributed by atoms with Crippen molar-refractivity contribution >= 4 is 39.0 Å². The Labute approximate surface area is 182 Å². The molecule has 0 spiro atoms. The number of carboxylic acid groups (broad SMARTS) is 1. The molecule has 3 aromatic rings. The van der Waals surface area contributed by atoms with Gasteiger partial charge in [0.05, 0.1) is 19.9 Å². The monoisotopic (exact) mass is 474 g/mol. The number of aromatic nitrogens is 4. The maximum absolute atomic E-state index is 10.9. The molecule has 3 heterocycles. The third-order valence-corrected chi connectivity index (χ3v) is 5.96. The number of carbonyl (C=O) groups is 1. The van der Waals surface area contributed by atoms with Gasteiger partial charge in [-0.15, -0.1) is 0 Å². The maximum Gasteiger partial charge on any atom is 0.404 e. The van der Waals surface area contributed by atoms with Crippen LogP contribution in [0.25, 0.3) is 11.2 Å². The van der Waals surface area contributed by atoms with Crippen LogP contribution in [-0.4, -0.2) is 57.7 Å². The van der Waals surface area contributed by atoms with Gasteiger partial charge in [0.15, 0.2) is 10.3 Å². The van der Waals surface area contributed by atoms with Crippen molar-refractivity contribution in [2.75, 3.05) is 31.6 Å². The van der Waals surface area contributed by atoms with Crippen molar-refractivity contribution < 1.29 is 14.6 Å². The number of rotatable bonds is 6. The molecule has 2 aromatic heterocycles. The molecule has 1 saturated heterocycles. The van der Waals surface area contributed by atoms with Crippen LogP contribution in [0.15, 0.2) is 35.1 Å². The number of ether oxygens (including phenoxy) is 1. The van der Waals surface area contributed by atoms with E-state index in [1.54, 1.807) is 13.3 Å². The van der Waals surface area contributed by atoms with E-state index in [1.165, 1.54) is 0 Å². The quantitative estimate of drug-likeness (QED) is 0.565. The Morgan fingerprint density at radius 2 is 2.13 bits per heavy atom. The molecule has 0 radical (unpaired) electrons. The van der Waals surface area contributed by atoms with Crippen LogP contribution in [0, 0.1) is 5.41 Å². The van der Waals surface area contributed by atoms with Gasteiger partial charge in [-0.3, -0.25) is 0 Å². The highest BCUT2D eigenvalue weighted by atomic mass is 79.9. The molecule has 1 amide bonds. The Hall–Kier alpha value is -2.88. The summed E-state index contributed by atoms with van der Waals surface area (Å²) in [6, 6.07) is 7.84. The fourth-order valence-corrected chi connectivity index (χ4v) is 4.19. The zero-order valence-electron chi connectivity index (χ0n) is 16.8. The van der Waals surface area contributed by atoms with E-state index in [0.717, 1.165) is 30.1 Å². The molecule has 0 saturated carbocycles. The molecule has 158 valence electrons. The first-order chi connectivity index (χ1) is 14.4. The minimum absolute atomic E-state index is 0.140. The first-order valence-corrected chi connectivity index (χ1v) is 10.4. The lowest BCUT2D eigenvalue weighted by molar-refractivity contribution is 0.188. The van der Waals surface area contributed by atoms with E-state index in [9.17, 15) is 4.79 Å². The van der Waals surface area contributed by atoms with Crippen molar-refractivity contribution in [3.63, 3.8) is 0 Å². The van der Waals surface area contributed by atoms with E-state index in [0.29, 0.717) is 35.4 Å². The van der Waals surface area contributed by atoms with Gasteiger partial charge in [-0.25, -0.2) is 19.4 Å². The number of fused-ring (bicyclic) bond motifs is 1. The number of anilines is 1. The van der Waals surface area contributed by atoms with Gasteiger partial charge in [-0.05, 0) is 40.0 Å². The van der Waals surface area contributed by atoms with Gasteiger partial charge in [0, 0.05) is 25.0 Å².